The van der Waals surface area contributed by atoms with Crippen LogP contribution < -0.4 is 5.32 Å². The van der Waals surface area contributed by atoms with Gasteiger partial charge in [0.1, 0.15) is 0 Å². The topological polar surface area (TPSA) is 64.4 Å². The zero-order valence-corrected chi connectivity index (χ0v) is 10.2. The quantitative estimate of drug-likeness (QED) is 0.676. The third-order valence-electron chi connectivity index (χ3n) is 3.09. The zero-order valence-electron chi connectivity index (χ0n) is 10.2. The van der Waals surface area contributed by atoms with Crippen LogP contribution in [0, 0.1) is 27.7 Å². The molecule has 1 aromatic carbocycles. The highest BCUT2D eigenvalue weighted by molar-refractivity contribution is 5.62. The van der Waals surface area contributed by atoms with Crippen molar-refractivity contribution >= 4 is 11.4 Å². The van der Waals surface area contributed by atoms with Crippen molar-refractivity contribution in [3.63, 3.8) is 0 Å². The lowest BCUT2D eigenvalue weighted by Gasteiger charge is -2.22. The Labute approximate surface area is 108 Å². The first-order chi connectivity index (χ1) is 9.09. The SMILES string of the molecule is O=[N+]([O-])c1ccc(F)c(F)c1NCC1CCCOC1. The molecule has 1 unspecified atom stereocenters. The summed E-state index contributed by atoms with van der Waals surface area (Å²) >= 11 is 0. The largest absolute Gasteiger partial charge is 0.381 e. The van der Waals surface area contributed by atoms with Gasteiger partial charge in [-0.15, -0.1) is 0 Å². The smallest absolute Gasteiger partial charge is 0.295 e. The molecule has 104 valence electrons. The minimum Gasteiger partial charge on any atom is -0.381 e. The second kappa shape index (κ2) is 5.92. The van der Waals surface area contributed by atoms with Crippen molar-refractivity contribution < 1.29 is 18.4 Å². The van der Waals surface area contributed by atoms with Gasteiger partial charge in [0.15, 0.2) is 17.3 Å². The maximum atomic E-state index is 13.6. The third-order valence-corrected chi connectivity index (χ3v) is 3.09. The van der Waals surface area contributed by atoms with Gasteiger partial charge in [0.2, 0.25) is 0 Å². The number of hydrogen-bond acceptors (Lipinski definition) is 4. The van der Waals surface area contributed by atoms with Crippen molar-refractivity contribution in [1.82, 2.24) is 0 Å². The van der Waals surface area contributed by atoms with Gasteiger partial charge in [-0.05, 0) is 24.8 Å². The average Bonchev–Trinajstić information content (AvgIpc) is 2.41. The molecule has 0 saturated carbocycles. The molecule has 1 fully saturated rings. The maximum Gasteiger partial charge on any atom is 0.295 e. The van der Waals surface area contributed by atoms with E-state index in [0.717, 1.165) is 25.0 Å². The Morgan fingerprint density at radius 3 is 2.89 bits per heavy atom. The predicted molar refractivity (Wildman–Crippen MR) is 65.0 cm³/mol. The highest BCUT2D eigenvalue weighted by Crippen LogP contribution is 2.29. The minimum absolute atomic E-state index is 0.149. The normalized spacial score (nSPS) is 19.2. The Kier molecular flexibility index (Phi) is 4.26. The van der Waals surface area contributed by atoms with Crippen molar-refractivity contribution in [2.45, 2.75) is 12.8 Å². The first-order valence-corrected chi connectivity index (χ1v) is 6.03. The van der Waals surface area contributed by atoms with E-state index in [2.05, 4.69) is 5.32 Å². The van der Waals surface area contributed by atoms with E-state index in [1.807, 2.05) is 0 Å². The lowest BCUT2D eigenvalue weighted by molar-refractivity contribution is -0.384. The molecule has 1 N–H and O–H groups in total. The number of hydrogen-bond donors (Lipinski definition) is 1. The van der Waals surface area contributed by atoms with Gasteiger partial charge >= 0.3 is 0 Å². The van der Waals surface area contributed by atoms with Crippen LogP contribution in [0.25, 0.3) is 0 Å². The molecular weight excluding hydrogens is 258 g/mol. The fourth-order valence-corrected chi connectivity index (χ4v) is 2.08. The van der Waals surface area contributed by atoms with E-state index in [4.69, 9.17) is 4.74 Å². The molecule has 0 aromatic heterocycles. The summed E-state index contributed by atoms with van der Waals surface area (Å²) < 4.78 is 32.0. The molecule has 7 heteroatoms. The molecule has 1 aliphatic rings. The van der Waals surface area contributed by atoms with Crippen LogP contribution in [-0.4, -0.2) is 24.7 Å². The number of benzene rings is 1. The minimum atomic E-state index is -1.22. The van der Waals surface area contributed by atoms with E-state index in [-0.39, 0.29) is 5.92 Å². The van der Waals surface area contributed by atoms with Gasteiger partial charge in [0, 0.05) is 19.2 Å². The lowest BCUT2D eigenvalue weighted by atomic mass is 10.0. The second-order valence-corrected chi connectivity index (χ2v) is 4.48. The number of nitrogens with one attached hydrogen (secondary N) is 1. The highest BCUT2D eigenvalue weighted by atomic mass is 19.2. The van der Waals surface area contributed by atoms with E-state index < -0.39 is 27.9 Å². The first kappa shape index (κ1) is 13.7. The molecule has 5 nitrogen and oxygen atoms in total. The number of ether oxygens (including phenoxy) is 1. The maximum absolute atomic E-state index is 13.6. The van der Waals surface area contributed by atoms with Crippen LogP contribution >= 0.6 is 0 Å². The van der Waals surface area contributed by atoms with Crippen LogP contribution in [0.1, 0.15) is 12.8 Å². The van der Waals surface area contributed by atoms with Crippen LogP contribution in [0.4, 0.5) is 20.2 Å². The molecule has 1 aliphatic heterocycles. The molecular formula is C12H14F2N2O3. The molecule has 1 atom stereocenters. The van der Waals surface area contributed by atoms with Gasteiger partial charge in [-0.1, -0.05) is 0 Å². The predicted octanol–water partition coefficient (Wildman–Crippen LogP) is 2.71. The molecule has 19 heavy (non-hydrogen) atoms. The summed E-state index contributed by atoms with van der Waals surface area (Å²) in [5, 5.41) is 13.4. The standard InChI is InChI=1S/C12H14F2N2O3/c13-9-3-4-10(16(17)18)12(11(9)14)15-6-8-2-1-5-19-7-8/h3-4,8,15H,1-2,5-7H2. The van der Waals surface area contributed by atoms with Gasteiger partial charge in [0.25, 0.3) is 5.69 Å². The van der Waals surface area contributed by atoms with Crippen LogP contribution in [0.2, 0.25) is 0 Å². The lowest BCUT2D eigenvalue weighted by Crippen LogP contribution is -2.25. The number of rotatable bonds is 4. The van der Waals surface area contributed by atoms with Gasteiger partial charge in [-0.3, -0.25) is 10.1 Å². The molecule has 1 heterocycles. The second-order valence-electron chi connectivity index (χ2n) is 4.48. The zero-order chi connectivity index (χ0) is 13.8. The summed E-state index contributed by atoms with van der Waals surface area (Å²) in [6, 6.07) is 1.71. The van der Waals surface area contributed by atoms with Crippen LogP contribution in [0.15, 0.2) is 12.1 Å². The van der Waals surface area contributed by atoms with Gasteiger partial charge in [0.05, 0.1) is 11.5 Å². The first-order valence-electron chi connectivity index (χ1n) is 6.03. The average molecular weight is 272 g/mol. The molecule has 0 aliphatic carbocycles. The van der Waals surface area contributed by atoms with Gasteiger partial charge in [-0.2, -0.15) is 0 Å². The summed E-state index contributed by atoms with van der Waals surface area (Å²) in [7, 11) is 0. The third kappa shape index (κ3) is 3.17. The van der Waals surface area contributed by atoms with E-state index in [1.165, 1.54) is 0 Å². The van der Waals surface area contributed by atoms with Gasteiger partial charge < -0.3 is 10.1 Å². The van der Waals surface area contributed by atoms with Crippen LogP contribution in [0.5, 0.6) is 0 Å². The van der Waals surface area contributed by atoms with Crippen molar-refractivity contribution in [3.8, 4) is 0 Å². The van der Waals surface area contributed by atoms with E-state index >= 15 is 0 Å². The van der Waals surface area contributed by atoms with Crippen LogP contribution in [-0.2, 0) is 4.74 Å². The molecule has 1 aromatic rings. The van der Waals surface area contributed by atoms with Crippen molar-refractivity contribution in [1.29, 1.82) is 0 Å². The monoisotopic (exact) mass is 272 g/mol. The molecule has 2 rings (SSSR count). The van der Waals surface area contributed by atoms with Crippen molar-refractivity contribution in [2.24, 2.45) is 5.92 Å². The fraction of sp³-hybridized carbons (Fsp3) is 0.500. The summed E-state index contributed by atoms with van der Waals surface area (Å²) in [5.74, 6) is -2.17. The van der Waals surface area contributed by atoms with E-state index in [0.29, 0.717) is 19.8 Å². The number of halogens is 2. The number of nitro benzene ring substituents is 1. The summed E-state index contributed by atoms with van der Waals surface area (Å²) in [4.78, 5) is 10.1. The van der Waals surface area contributed by atoms with E-state index in [9.17, 15) is 18.9 Å². The van der Waals surface area contributed by atoms with E-state index in [1.54, 1.807) is 0 Å². The summed E-state index contributed by atoms with van der Waals surface area (Å²) in [5.41, 5.74) is -0.855. The fourth-order valence-electron chi connectivity index (χ4n) is 2.08. The van der Waals surface area contributed by atoms with Crippen LogP contribution in [0.3, 0.4) is 0 Å². The van der Waals surface area contributed by atoms with Gasteiger partial charge in [-0.25, -0.2) is 8.78 Å². The summed E-state index contributed by atoms with van der Waals surface area (Å²) in [6.07, 6.45) is 1.80. The number of nitrogens with zero attached hydrogens (tertiary/aromatic N) is 1. The summed E-state index contributed by atoms with van der Waals surface area (Å²) in [6.45, 7) is 1.55. The Balaban J connectivity index is 2.13. The molecule has 0 radical (unpaired) electrons. The highest BCUT2D eigenvalue weighted by Gasteiger charge is 2.23. The molecule has 0 spiro atoms. The Hall–Kier alpha value is -1.76. The Morgan fingerprint density at radius 1 is 1.47 bits per heavy atom. The number of anilines is 1. The van der Waals surface area contributed by atoms with Crippen molar-refractivity contribution in [2.75, 3.05) is 25.1 Å². The molecule has 0 amide bonds. The number of nitro groups is 1. The molecule has 1 saturated heterocycles. The Morgan fingerprint density at radius 2 is 2.26 bits per heavy atom. The van der Waals surface area contributed by atoms with Crippen molar-refractivity contribution in [3.05, 3.63) is 33.9 Å². The Bertz CT molecular complexity index is 476. The molecule has 0 bridgehead atoms.